The van der Waals surface area contributed by atoms with Gasteiger partial charge in [0.05, 0.1) is 6.26 Å². The molecule has 0 spiro atoms. The van der Waals surface area contributed by atoms with Gasteiger partial charge in [-0.2, -0.15) is 4.31 Å². The maximum atomic E-state index is 11.4. The zero-order valence-electron chi connectivity index (χ0n) is 13.1. The molecule has 0 bridgehead atoms. The fraction of sp³-hybridized carbons (Fsp3) is 0.429. The van der Waals surface area contributed by atoms with Gasteiger partial charge in [-0.3, -0.25) is 4.90 Å². The smallest absolute Gasteiger partial charge is 0.414 e. The highest BCUT2D eigenvalue weighted by Gasteiger charge is 2.23. The first kappa shape index (κ1) is 20.4. The van der Waals surface area contributed by atoms with Gasteiger partial charge in [-0.1, -0.05) is 23.7 Å². The van der Waals surface area contributed by atoms with Crippen molar-refractivity contribution in [3.8, 4) is 0 Å². The summed E-state index contributed by atoms with van der Waals surface area (Å²) in [4.78, 5) is 20.4. The van der Waals surface area contributed by atoms with Crippen molar-refractivity contribution < 1.29 is 28.2 Å². The lowest BCUT2D eigenvalue weighted by Gasteiger charge is -2.33. The van der Waals surface area contributed by atoms with E-state index in [0.29, 0.717) is 13.1 Å². The predicted octanol–water partition coefficient (Wildman–Crippen LogP) is 0.573. The summed E-state index contributed by atoms with van der Waals surface area (Å²) in [6, 6.07) is 7.77. The second kappa shape index (κ2) is 8.97. The second-order valence-corrected chi connectivity index (χ2v) is 7.60. The number of sulfonamides is 1. The molecule has 1 aliphatic heterocycles. The number of nitrogens with zero attached hydrogens (tertiary/aromatic N) is 2. The fourth-order valence-electron chi connectivity index (χ4n) is 2.11. The molecule has 1 saturated heterocycles. The topological polar surface area (TPSA) is 115 Å². The Kier molecular flexibility index (Phi) is 7.61. The van der Waals surface area contributed by atoms with Crippen LogP contribution in [0.25, 0.3) is 0 Å². The number of halogens is 1. The Hall–Kier alpha value is -1.68. The molecule has 134 valence electrons. The largest absolute Gasteiger partial charge is 0.473 e. The molecule has 0 saturated carbocycles. The Bertz CT molecular complexity index is 674. The van der Waals surface area contributed by atoms with Gasteiger partial charge in [0.25, 0.3) is 0 Å². The van der Waals surface area contributed by atoms with Crippen LogP contribution in [0.4, 0.5) is 0 Å². The van der Waals surface area contributed by atoms with Crippen LogP contribution in [-0.2, 0) is 26.2 Å². The van der Waals surface area contributed by atoms with Crippen molar-refractivity contribution in [3.63, 3.8) is 0 Å². The van der Waals surface area contributed by atoms with Gasteiger partial charge in [-0.15, -0.1) is 0 Å². The van der Waals surface area contributed by atoms with Crippen LogP contribution in [-0.4, -0.2) is 72.2 Å². The van der Waals surface area contributed by atoms with E-state index in [-0.39, 0.29) is 0 Å². The minimum absolute atomic E-state index is 0.569. The third-order valence-corrected chi connectivity index (χ3v) is 4.82. The van der Waals surface area contributed by atoms with Crippen molar-refractivity contribution >= 4 is 33.6 Å². The van der Waals surface area contributed by atoms with Crippen molar-refractivity contribution in [1.82, 2.24) is 9.21 Å². The third-order valence-electron chi connectivity index (χ3n) is 3.28. The number of hydrogen-bond donors (Lipinski definition) is 2. The highest BCUT2D eigenvalue weighted by Crippen LogP contribution is 2.14. The molecule has 10 heteroatoms. The number of piperazine rings is 1. The Morgan fingerprint density at radius 3 is 2.08 bits per heavy atom. The highest BCUT2D eigenvalue weighted by molar-refractivity contribution is 7.88. The zero-order chi connectivity index (χ0) is 18.3. The van der Waals surface area contributed by atoms with E-state index in [1.807, 2.05) is 24.3 Å². The summed E-state index contributed by atoms with van der Waals surface area (Å²) in [6.07, 6.45) is 1.26. The molecule has 8 nitrogen and oxygen atoms in total. The van der Waals surface area contributed by atoms with Crippen LogP contribution in [0.5, 0.6) is 0 Å². The first-order valence-corrected chi connectivity index (χ1v) is 9.20. The molecule has 2 N–H and O–H groups in total. The first-order valence-electron chi connectivity index (χ1n) is 6.97. The Morgan fingerprint density at radius 2 is 1.67 bits per heavy atom. The van der Waals surface area contributed by atoms with Gasteiger partial charge in [-0.25, -0.2) is 18.0 Å². The van der Waals surface area contributed by atoms with Crippen LogP contribution in [0.3, 0.4) is 0 Å². The summed E-state index contributed by atoms with van der Waals surface area (Å²) in [5.41, 5.74) is 1.16. The molecule has 0 aromatic heterocycles. The third kappa shape index (κ3) is 7.26. The number of carboxylic acids is 2. The minimum Gasteiger partial charge on any atom is -0.473 e. The number of carbonyl (C=O) groups is 2. The van der Waals surface area contributed by atoms with Crippen LogP contribution in [0.2, 0.25) is 5.02 Å². The molecule has 1 aliphatic rings. The lowest BCUT2D eigenvalue weighted by atomic mass is 10.2. The molecular formula is C14H19ClN2O6S. The van der Waals surface area contributed by atoms with Gasteiger partial charge in [0.15, 0.2) is 0 Å². The highest BCUT2D eigenvalue weighted by atomic mass is 35.5. The van der Waals surface area contributed by atoms with Crippen LogP contribution in [0.1, 0.15) is 5.56 Å². The van der Waals surface area contributed by atoms with Gasteiger partial charge in [-0.05, 0) is 17.7 Å². The molecule has 1 fully saturated rings. The predicted molar refractivity (Wildman–Crippen MR) is 88.4 cm³/mol. The summed E-state index contributed by atoms with van der Waals surface area (Å²) in [5.74, 6) is -3.65. The minimum atomic E-state index is -3.04. The summed E-state index contributed by atoms with van der Waals surface area (Å²) in [7, 11) is -3.04. The number of benzene rings is 1. The van der Waals surface area contributed by atoms with Gasteiger partial charge < -0.3 is 10.2 Å². The van der Waals surface area contributed by atoms with Gasteiger partial charge >= 0.3 is 11.9 Å². The van der Waals surface area contributed by atoms with E-state index in [9.17, 15) is 8.42 Å². The molecule has 1 aromatic rings. The fourth-order valence-corrected chi connectivity index (χ4v) is 3.15. The molecule has 0 unspecified atom stereocenters. The van der Waals surface area contributed by atoms with Crippen molar-refractivity contribution in [1.29, 1.82) is 0 Å². The number of aliphatic carboxylic acids is 2. The molecule has 2 rings (SSSR count). The average Bonchev–Trinajstić information content (AvgIpc) is 2.47. The summed E-state index contributed by atoms with van der Waals surface area (Å²) < 4.78 is 24.3. The lowest BCUT2D eigenvalue weighted by molar-refractivity contribution is -0.159. The summed E-state index contributed by atoms with van der Waals surface area (Å²) in [5, 5.41) is 15.5. The van der Waals surface area contributed by atoms with Crippen LogP contribution >= 0.6 is 11.6 Å². The van der Waals surface area contributed by atoms with E-state index < -0.39 is 22.0 Å². The molecule has 0 radical (unpaired) electrons. The average molecular weight is 379 g/mol. The lowest BCUT2D eigenvalue weighted by Crippen LogP contribution is -2.47. The van der Waals surface area contributed by atoms with Crippen molar-refractivity contribution in [3.05, 3.63) is 34.9 Å². The summed E-state index contributed by atoms with van der Waals surface area (Å²) >= 11 is 5.94. The molecule has 0 atom stereocenters. The van der Waals surface area contributed by atoms with Crippen LogP contribution in [0.15, 0.2) is 24.3 Å². The van der Waals surface area contributed by atoms with E-state index >= 15 is 0 Å². The first-order chi connectivity index (χ1) is 11.1. The molecule has 1 heterocycles. The van der Waals surface area contributed by atoms with Crippen molar-refractivity contribution in [2.75, 3.05) is 32.4 Å². The normalized spacial score (nSPS) is 16.1. The zero-order valence-corrected chi connectivity index (χ0v) is 14.6. The van der Waals surface area contributed by atoms with Gasteiger partial charge in [0.2, 0.25) is 10.0 Å². The monoisotopic (exact) mass is 378 g/mol. The van der Waals surface area contributed by atoms with Crippen molar-refractivity contribution in [2.24, 2.45) is 0 Å². The molecule has 0 amide bonds. The summed E-state index contributed by atoms with van der Waals surface area (Å²) in [6.45, 7) is 3.48. The van der Waals surface area contributed by atoms with E-state index in [1.165, 1.54) is 10.6 Å². The molecule has 24 heavy (non-hydrogen) atoms. The van der Waals surface area contributed by atoms with Crippen LogP contribution < -0.4 is 0 Å². The number of hydrogen-bond acceptors (Lipinski definition) is 5. The van der Waals surface area contributed by atoms with Crippen LogP contribution in [0, 0.1) is 0 Å². The van der Waals surface area contributed by atoms with E-state index in [0.717, 1.165) is 30.2 Å². The SMILES string of the molecule is CS(=O)(=O)N1CCN(Cc2cccc(Cl)c2)CC1.O=C(O)C(=O)O. The van der Waals surface area contributed by atoms with E-state index in [4.69, 9.17) is 31.4 Å². The second-order valence-electron chi connectivity index (χ2n) is 5.18. The molecular weight excluding hydrogens is 360 g/mol. The number of carboxylic acid groups (broad SMARTS) is 2. The van der Waals surface area contributed by atoms with Gasteiger partial charge in [0, 0.05) is 37.7 Å². The maximum absolute atomic E-state index is 11.4. The Morgan fingerprint density at radius 1 is 1.12 bits per heavy atom. The standard InChI is InChI=1S/C12H17ClN2O2S.C2H2O4/c1-18(16,17)15-7-5-14(6-8-15)10-11-3-2-4-12(13)9-11;3-1(4)2(5)6/h2-4,9H,5-8,10H2,1H3;(H,3,4)(H,5,6). The van der Waals surface area contributed by atoms with E-state index in [2.05, 4.69) is 4.90 Å². The van der Waals surface area contributed by atoms with Gasteiger partial charge in [0.1, 0.15) is 0 Å². The van der Waals surface area contributed by atoms with E-state index in [1.54, 1.807) is 0 Å². The molecule has 1 aromatic carbocycles. The number of rotatable bonds is 3. The quantitative estimate of drug-likeness (QED) is 0.739. The maximum Gasteiger partial charge on any atom is 0.414 e. The Labute approximate surface area is 145 Å². The Balaban J connectivity index is 0.000000413. The molecule has 0 aliphatic carbocycles. The van der Waals surface area contributed by atoms with Crippen molar-refractivity contribution in [2.45, 2.75) is 6.54 Å².